The van der Waals surface area contributed by atoms with E-state index in [1.54, 1.807) is 18.9 Å². The van der Waals surface area contributed by atoms with E-state index in [1.165, 1.54) is 32.1 Å². The highest BCUT2D eigenvalue weighted by molar-refractivity contribution is 9.10. The molecule has 0 aliphatic rings. The first-order chi connectivity index (χ1) is 13.0. The minimum atomic E-state index is 0.00877. The molecular weight excluding hydrogens is 424 g/mol. The van der Waals surface area contributed by atoms with Crippen molar-refractivity contribution in [2.45, 2.75) is 69.7 Å². The highest BCUT2D eigenvalue weighted by Gasteiger charge is 2.09. The van der Waals surface area contributed by atoms with Crippen molar-refractivity contribution in [3.8, 4) is 5.75 Å². The van der Waals surface area contributed by atoms with Crippen molar-refractivity contribution < 1.29 is 4.74 Å². The van der Waals surface area contributed by atoms with Gasteiger partial charge in [0.25, 0.3) is 5.56 Å². The normalized spacial score (nSPS) is 11.0. The molecule has 6 heteroatoms. The van der Waals surface area contributed by atoms with Crippen LogP contribution in [0.25, 0.3) is 0 Å². The van der Waals surface area contributed by atoms with Crippen molar-refractivity contribution in [2.75, 3.05) is 7.11 Å². The smallest absolute Gasteiger partial charge is 0.254 e. The zero-order valence-electron chi connectivity index (χ0n) is 16.4. The number of ether oxygens (including phenoxy) is 1. The van der Waals surface area contributed by atoms with Gasteiger partial charge in [-0.25, -0.2) is 4.98 Å². The van der Waals surface area contributed by atoms with Crippen LogP contribution in [-0.2, 0) is 12.2 Å². The maximum Gasteiger partial charge on any atom is 0.254 e. The summed E-state index contributed by atoms with van der Waals surface area (Å²) >= 11 is 5.04. The summed E-state index contributed by atoms with van der Waals surface area (Å²) < 4.78 is 6.18. The number of benzene rings is 1. The van der Waals surface area contributed by atoms with Crippen LogP contribution in [0.3, 0.4) is 0 Å². The van der Waals surface area contributed by atoms with Gasteiger partial charge in [0.1, 0.15) is 5.75 Å². The van der Waals surface area contributed by atoms with E-state index in [0.717, 1.165) is 45.6 Å². The highest BCUT2D eigenvalue weighted by atomic mass is 79.9. The van der Waals surface area contributed by atoms with E-state index in [-0.39, 0.29) is 5.56 Å². The van der Waals surface area contributed by atoms with Crippen molar-refractivity contribution in [3.63, 3.8) is 0 Å². The van der Waals surface area contributed by atoms with Crippen LogP contribution in [0.2, 0.25) is 0 Å². The lowest BCUT2D eigenvalue weighted by Gasteiger charge is -2.08. The molecule has 0 unspecified atom stereocenters. The number of methoxy groups -OCH3 is 1. The molecular formula is C21H29BrN2O2S. The Balaban J connectivity index is 1.91. The summed E-state index contributed by atoms with van der Waals surface area (Å²) in [6.45, 7) is 4.16. The predicted octanol–water partition coefficient (Wildman–Crippen LogP) is 6.04. The zero-order chi connectivity index (χ0) is 19.6. The molecule has 0 aliphatic carbocycles. The molecule has 2 rings (SSSR count). The van der Waals surface area contributed by atoms with E-state index < -0.39 is 0 Å². The first-order valence-corrected chi connectivity index (χ1v) is 11.4. The third-order valence-corrected chi connectivity index (χ3v) is 6.14. The number of halogens is 1. The minimum Gasteiger partial charge on any atom is -0.496 e. The average Bonchev–Trinajstić information content (AvgIpc) is 2.64. The van der Waals surface area contributed by atoms with E-state index in [0.29, 0.717) is 5.16 Å². The summed E-state index contributed by atoms with van der Waals surface area (Å²) in [6.07, 6.45) is 8.16. The molecule has 0 radical (unpaired) electrons. The van der Waals surface area contributed by atoms with Crippen LogP contribution in [0, 0.1) is 6.92 Å². The van der Waals surface area contributed by atoms with Crippen LogP contribution >= 0.6 is 27.7 Å². The summed E-state index contributed by atoms with van der Waals surface area (Å²) in [7, 11) is 1.65. The molecule has 0 amide bonds. The molecule has 0 bridgehead atoms. The Morgan fingerprint density at radius 1 is 1.19 bits per heavy atom. The maximum atomic E-state index is 12.4. The standard InChI is InChI=1S/C21H29BrN2O2S/c1-4-5-6-7-8-9-10-17-15(2)23-21(24-20(17)25)27-14-16-11-12-19(26-3)18(22)13-16/h11-13H,4-10,14H2,1-3H3,(H,23,24,25). The number of rotatable bonds is 11. The van der Waals surface area contributed by atoms with Crippen LogP contribution in [0.4, 0.5) is 0 Å². The van der Waals surface area contributed by atoms with Gasteiger partial charge in [0.2, 0.25) is 0 Å². The first-order valence-electron chi connectivity index (χ1n) is 9.60. The lowest BCUT2D eigenvalue weighted by molar-refractivity contribution is 0.412. The van der Waals surface area contributed by atoms with Crippen molar-refractivity contribution in [3.05, 3.63) is 49.8 Å². The van der Waals surface area contributed by atoms with E-state index in [1.807, 2.05) is 25.1 Å². The third-order valence-electron chi connectivity index (χ3n) is 4.57. The Labute approximate surface area is 174 Å². The summed E-state index contributed by atoms with van der Waals surface area (Å²) in [5.41, 5.74) is 2.84. The number of nitrogens with one attached hydrogen (secondary N) is 1. The summed E-state index contributed by atoms with van der Waals surface area (Å²) in [5, 5.41) is 0.677. The second-order valence-electron chi connectivity index (χ2n) is 6.71. The molecule has 148 valence electrons. The number of aryl methyl sites for hydroxylation is 1. The SMILES string of the molecule is CCCCCCCCc1c(C)nc(SCc2ccc(OC)c(Br)c2)[nH]c1=O. The Morgan fingerprint density at radius 3 is 2.59 bits per heavy atom. The van der Waals surface area contributed by atoms with Crippen LogP contribution in [0.5, 0.6) is 5.75 Å². The fraction of sp³-hybridized carbons (Fsp3) is 0.524. The topological polar surface area (TPSA) is 55.0 Å². The molecule has 27 heavy (non-hydrogen) atoms. The molecule has 0 atom stereocenters. The summed E-state index contributed by atoms with van der Waals surface area (Å²) in [6, 6.07) is 5.99. The molecule has 1 aromatic carbocycles. The summed E-state index contributed by atoms with van der Waals surface area (Å²) in [4.78, 5) is 20.0. The monoisotopic (exact) mass is 452 g/mol. The first kappa shape index (κ1) is 22.0. The second-order valence-corrected chi connectivity index (χ2v) is 8.53. The third kappa shape index (κ3) is 7.00. The number of unbranched alkanes of at least 4 members (excludes halogenated alkanes) is 5. The quantitative estimate of drug-likeness (QED) is 0.256. The average molecular weight is 453 g/mol. The second kappa shape index (κ2) is 11.5. The van der Waals surface area contributed by atoms with Gasteiger partial charge in [0.15, 0.2) is 5.16 Å². The molecule has 0 aliphatic heterocycles. The Morgan fingerprint density at radius 2 is 1.93 bits per heavy atom. The van der Waals surface area contributed by atoms with Gasteiger partial charge in [-0.1, -0.05) is 56.9 Å². The number of aromatic nitrogens is 2. The number of hydrogen-bond donors (Lipinski definition) is 1. The van der Waals surface area contributed by atoms with Crippen molar-refractivity contribution in [2.24, 2.45) is 0 Å². The van der Waals surface area contributed by atoms with E-state index in [9.17, 15) is 4.79 Å². The van der Waals surface area contributed by atoms with Crippen LogP contribution in [0.15, 0.2) is 32.6 Å². The molecule has 0 saturated carbocycles. The van der Waals surface area contributed by atoms with E-state index >= 15 is 0 Å². The van der Waals surface area contributed by atoms with Gasteiger partial charge in [0, 0.05) is 17.0 Å². The lowest BCUT2D eigenvalue weighted by atomic mass is 10.1. The van der Waals surface area contributed by atoms with Gasteiger partial charge in [0.05, 0.1) is 11.6 Å². The van der Waals surface area contributed by atoms with Gasteiger partial charge < -0.3 is 9.72 Å². The van der Waals surface area contributed by atoms with Gasteiger partial charge in [-0.3, -0.25) is 4.79 Å². The van der Waals surface area contributed by atoms with Gasteiger partial charge in [-0.2, -0.15) is 0 Å². The minimum absolute atomic E-state index is 0.00877. The van der Waals surface area contributed by atoms with E-state index in [2.05, 4.69) is 32.8 Å². The van der Waals surface area contributed by atoms with Crippen LogP contribution in [-0.4, -0.2) is 17.1 Å². The Hall–Kier alpha value is -1.27. The number of thioether (sulfide) groups is 1. The summed E-state index contributed by atoms with van der Waals surface area (Å²) in [5.74, 6) is 1.55. The molecule has 2 aromatic rings. The van der Waals surface area contributed by atoms with Crippen LogP contribution < -0.4 is 10.3 Å². The van der Waals surface area contributed by atoms with Gasteiger partial charge in [-0.05, 0) is 53.4 Å². The lowest BCUT2D eigenvalue weighted by Crippen LogP contribution is -2.17. The Kier molecular flexibility index (Phi) is 9.42. The van der Waals surface area contributed by atoms with E-state index in [4.69, 9.17) is 4.74 Å². The fourth-order valence-electron chi connectivity index (χ4n) is 2.98. The molecule has 0 saturated heterocycles. The van der Waals surface area contributed by atoms with Crippen molar-refractivity contribution >= 4 is 27.7 Å². The number of H-pyrrole nitrogens is 1. The molecule has 1 aromatic heterocycles. The largest absolute Gasteiger partial charge is 0.496 e. The molecule has 4 nitrogen and oxygen atoms in total. The fourth-order valence-corrected chi connectivity index (χ4v) is 4.42. The molecule has 1 heterocycles. The van der Waals surface area contributed by atoms with Gasteiger partial charge >= 0.3 is 0 Å². The predicted molar refractivity (Wildman–Crippen MR) is 117 cm³/mol. The maximum absolute atomic E-state index is 12.4. The number of nitrogens with zero attached hydrogens (tertiary/aromatic N) is 1. The Bertz CT molecular complexity index is 792. The van der Waals surface area contributed by atoms with Crippen molar-refractivity contribution in [1.82, 2.24) is 9.97 Å². The molecule has 0 spiro atoms. The number of hydrogen-bond acceptors (Lipinski definition) is 4. The molecule has 0 fully saturated rings. The van der Waals surface area contributed by atoms with Crippen molar-refractivity contribution in [1.29, 1.82) is 0 Å². The molecule has 1 N–H and O–H groups in total. The van der Waals surface area contributed by atoms with Crippen LogP contribution in [0.1, 0.15) is 62.3 Å². The zero-order valence-corrected chi connectivity index (χ0v) is 18.8. The van der Waals surface area contributed by atoms with Gasteiger partial charge in [-0.15, -0.1) is 0 Å². The number of aromatic amines is 1. The highest BCUT2D eigenvalue weighted by Crippen LogP contribution is 2.28.